The average molecular weight is 265 g/mol. The molecule has 15 heavy (non-hydrogen) atoms. The summed E-state index contributed by atoms with van der Waals surface area (Å²) in [6.07, 6.45) is 3.45. The van der Waals surface area contributed by atoms with Gasteiger partial charge in [0.25, 0.3) is 5.56 Å². The quantitative estimate of drug-likeness (QED) is 0.793. The minimum atomic E-state index is -0.0884. The molecule has 0 aromatic carbocycles. The topological polar surface area (TPSA) is 34.9 Å². The fourth-order valence-corrected chi connectivity index (χ4v) is 1.58. The molecule has 0 saturated carbocycles. The van der Waals surface area contributed by atoms with E-state index in [2.05, 4.69) is 20.9 Å². The molecule has 0 spiro atoms. The van der Waals surface area contributed by atoms with Crippen molar-refractivity contribution in [2.75, 3.05) is 0 Å². The summed E-state index contributed by atoms with van der Waals surface area (Å²) < 4.78 is 2.35. The van der Waals surface area contributed by atoms with Gasteiger partial charge in [0.2, 0.25) is 0 Å². The van der Waals surface area contributed by atoms with Crippen LogP contribution in [0.5, 0.6) is 0 Å². The predicted molar refractivity (Wildman–Crippen MR) is 62.3 cm³/mol. The first-order valence-electron chi connectivity index (χ1n) is 4.48. The molecule has 0 N–H and O–H groups in total. The highest BCUT2D eigenvalue weighted by molar-refractivity contribution is 9.10. The van der Waals surface area contributed by atoms with Crippen LogP contribution in [0.1, 0.15) is 5.56 Å². The van der Waals surface area contributed by atoms with Crippen molar-refractivity contribution in [3.05, 3.63) is 57.0 Å². The molecule has 0 radical (unpaired) electrons. The number of rotatable bonds is 1. The van der Waals surface area contributed by atoms with Gasteiger partial charge in [-0.25, -0.2) is 4.98 Å². The summed E-state index contributed by atoms with van der Waals surface area (Å²) >= 11 is 3.32. The van der Waals surface area contributed by atoms with Gasteiger partial charge in [0.1, 0.15) is 5.82 Å². The second kappa shape index (κ2) is 3.98. The zero-order valence-electron chi connectivity index (χ0n) is 8.14. The van der Waals surface area contributed by atoms with Gasteiger partial charge in [-0.05, 0) is 40.5 Å². The van der Waals surface area contributed by atoms with E-state index in [4.69, 9.17) is 0 Å². The van der Waals surface area contributed by atoms with Gasteiger partial charge in [0, 0.05) is 22.9 Å². The third kappa shape index (κ3) is 2.15. The number of halogens is 1. The van der Waals surface area contributed by atoms with Crippen LogP contribution in [0.3, 0.4) is 0 Å². The van der Waals surface area contributed by atoms with Gasteiger partial charge in [-0.3, -0.25) is 9.36 Å². The van der Waals surface area contributed by atoms with E-state index in [9.17, 15) is 4.79 Å². The van der Waals surface area contributed by atoms with Gasteiger partial charge in [-0.15, -0.1) is 0 Å². The van der Waals surface area contributed by atoms with Crippen LogP contribution in [0.25, 0.3) is 5.82 Å². The Morgan fingerprint density at radius 1 is 1.27 bits per heavy atom. The normalized spacial score (nSPS) is 10.3. The Morgan fingerprint density at radius 2 is 2.07 bits per heavy atom. The summed E-state index contributed by atoms with van der Waals surface area (Å²) in [6.45, 7) is 1.96. The zero-order chi connectivity index (χ0) is 10.8. The molecule has 0 bridgehead atoms. The SMILES string of the molecule is Cc1ccc(-n2cc(Br)ccc2=O)nc1. The number of hydrogen-bond acceptors (Lipinski definition) is 2. The summed E-state index contributed by atoms with van der Waals surface area (Å²) in [4.78, 5) is 15.8. The Bertz CT molecular complexity index is 531. The second-order valence-corrected chi connectivity index (χ2v) is 4.16. The van der Waals surface area contributed by atoms with Crippen LogP contribution in [-0.4, -0.2) is 9.55 Å². The van der Waals surface area contributed by atoms with E-state index in [0.29, 0.717) is 5.82 Å². The van der Waals surface area contributed by atoms with E-state index in [1.807, 2.05) is 19.1 Å². The maximum absolute atomic E-state index is 11.6. The van der Waals surface area contributed by atoms with Crippen molar-refractivity contribution in [2.24, 2.45) is 0 Å². The average Bonchev–Trinajstić information content (AvgIpc) is 2.23. The largest absolute Gasteiger partial charge is 0.269 e. The van der Waals surface area contributed by atoms with Crippen molar-refractivity contribution < 1.29 is 0 Å². The third-order valence-electron chi connectivity index (χ3n) is 2.02. The first kappa shape index (κ1) is 10.1. The van der Waals surface area contributed by atoms with Crippen molar-refractivity contribution in [3.8, 4) is 5.82 Å². The molecule has 4 heteroatoms. The maximum Gasteiger partial charge on any atom is 0.256 e. The van der Waals surface area contributed by atoms with Gasteiger partial charge in [0.15, 0.2) is 0 Å². The monoisotopic (exact) mass is 264 g/mol. The maximum atomic E-state index is 11.6. The summed E-state index contributed by atoms with van der Waals surface area (Å²) in [5, 5.41) is 0. The predicted octanol–water partition coefficient (Wildman–Crippen LogP) is 2.30. The molecule has 3 nitrogen and oxygen atoms in total. The number of nitrogens with zero attached hydrogens (tertiary/aromatic N) is 2. The molecule has 0 aliphatic heterocycles. The molecular formula is C11H9BrN2O. The molecule has 0 atom stereocenters. The highest BCUT2D eigenvalue weighted by Gasteiger charge is 2.00. The van der Waals surface area contributed by atoms with E-state index in [1.54, 1.807) is 18.5 Å². The number of aryl methyl sites for hydroxylation is 1. The molecule has 2 aromatic rings. The van der Waals surface area contributed by atoms with Crippen LogP contribution in [0.2, 0.25) is 0 Å². The summed E-state index contributed by atoms with van der Waals surface area (Å²) in [7, 11) is 0. The third-order valence-corrected chi connectivity index (χ3v) is 2.49. The first-order valence-corrected chi connectivity index (χ1v) is 5.27. The molecule has 0 fully saturated rings. The van der Waals surface area contributed by atoms with E-state index < -0.39 is 0 Å². The lowest BCUT2D eigenvalue weighted by molar-refractivity contribution is 0.932. The number of aromatic nitrogens is 2. The van der Waals surface area contributed by atoms with Crippen LogP contribution in [0.15, 0.2) is 45.9 Å². The first-order chi connectivity index (χ1) is 7.16. The highest BCUT2D eigenvalue weighted by Crippen LogP contribution is 2.08. The summed E-state index contributed by atoms with van der Waals surface area (Å²) in [5.74, 6) is 0.631. The molecule has 0 amide bonds. The zero-order valence-corrected chi connectivity index (χ0v) is 9.73. The highest BCUT2D eigenvalue weighted by atomic mass is 79.9. The van der Waals surface area contributed by atoms with Crippen molar-refractivity contribution in [1.29, 1.82) is 0 Å². The van der Waals surface area contributed by atoms with Gasteiger partial charge in [0.05, 0.1) is 0 Å². The van der Waals surface area contributed by atoms with Crippen LogP contribution in [0, 0.1) is 6.92 Å². The fourth-order valence-electron chi connectivity index (χ4n) is 1.24. The van der Waals surface area contributed by atoms with Crippen molar-refractivity contribution >= 4 is 15.9 Å². The van der Waals surface area contributed by atoms with Gasteiger partial charge in [-0.2, -0.15) is 0 Å². The van der Waals surface area contributed by atoms with E-state index in [-0.39, 0.29) is 5.56 Å². The molecule has 2 aromatic heterocycles. The minimum absolute atomic E-state index is 0.0884. The lowest BCUT2D eigenvalue weighted by Crippen LogP contribution is -2.17. The molecule has 76 valence electrons. The van der Waals surface area contributed by atoms with Gasteiger partial charge >= 0.3 is 0 Å². The molecular weight excluding hydrogens is 256 g/mol. The lowest BCUT2D eigenvalue weighted by Gasteiger charge is -2.04. The molecule has 0 aliphatic carbocycles. The van der Waals surface area contributed by atoms with E-state index >= 15 is 0 Å². The Balaban J connectivity index is 2.58. The van der Waals surface area contributed by atoms with Crippen LogP contribution >= 0.6 is 15.9 Å². The van der Waals surface area contributed by atoms with Gasteiger partial charge < -0.3 is 0 Å². The van der Waals surface area contributed by atoms with E-state index in [0.717, 1.165) is 10.0 Å². The summed E-state index contributed by atoms with van der Waals surface area (Å²) in [6, 6.07) is 6.97. The van der Waals surface area contributed by atoms with Crippen LogP contribution < -0.4 is 5.56 Å². The fraction of sp³-hybridized carbons (Fsp3) is 0.0909. The summed E-state index contributed by atoms with van der Waals surface area (Å²) in [5.41, 5.74) is 0.983. The number of pyridine rings is 2. The Morgan fingerprint density at radius 3 is 2.73 bits per heavy atom. The van der Waals surface area contributed by atoms with Crippen molar-refractivity contribution in [2.45, 2.75) is 6.92 Å². The Kier molecular flexibility index (Phi) is 2.68. The van der Waals surface area contributed by atoms with Crippen LogP contribution in [0.4, 0.5) is 0 Å². The Hall–Kier alpha value is -1.42. The lowest BCUT2D eigenvalue weighted by atomic mass is 10.3. The standard InChI is InChI=1S/C11H9BrN2O/c1-8-2-4-10(13-6-8)14-7-9(12)3-5-11(14)15/h2-7H,1H3. The molecule has 2 heterocycles. The Labute approximate surface area is 95.5 Å². The molecule has 0 saturated heterocycles. The molecule has 0 unspecified atom stereocenters. The van der Waals surface area contributed by atoms with Gasteiger partial charge in [-0.1, -0.05) is 6.07 Å². The molecule has 2 rings (SSSR count). The van der Waals surface area contributed by atoms with Crippen molar-refractivity contribution in [3.63, 3.8) is 0 Å². The molecule has 0 aliphatic rings. The van der Waals surface area contributed by atoms with E-state index in [1.165, 1.54) is 10.6 Å². The minimum Gasteiger partial charge on any atom is -0.269 e. The number of hydrogen-bond donors (Lipinski definition) is 0. The van der Waals surface area contributed by atoms with Crippen molar-refractivity contribution in [1.82, 2.24) is 9.55 Å². The second-order valence-electron chi connectivity index (χ2n) is 3.25. The smallest absolute Gasteiger partial charge is 0.256 e. The van der Waals surface area contributed by atoms with Crippen LogP contribution in [-0.2, 0) is 0 Å².